The first-order chi connectivity index (χ1) is 13.2. The molecule has 3 aliphatic rings. The Kier molecular flexibility index (Phi) is 6.05. The molecule has 2 aliphatic heterocycles. The van der Waals surface area contributed by atoms with Crippen LogP contribution in [0.3, 0.4) is 0 Å². The highest BCUT2D eigenvalue weighted by atomic mass is 16.5. The van der Waals surface area contributed by atoms with Gasteiger partial charge in [-0.05, 0) is 63.9 Å². The lowest BCUT2D eigenvalue weighted by molar-refractivity contribution is -0.0228. The quantitative estimate of drug-likeness (QED) is 0.860. The summed E-state index contributed by atoms with van der Waals surface area (Å²) in [6.45, 7) is 9.50. The first kappa shape index (κ1) is 19.2. The van der Waals surface area contributed by atoms with E-state index in [1.165, 1.54) is 50.6 Å². The number of nitrogens with zero attached hydrogens (tertiary/aromatic N) is 1. The molecule has 0 bridgehead atoms. The van der Waals surface area contributed by atoms with Crippen molar-refractivity contribution >= 4 is 0 Å². The Bertz CT molecular complexity index is 602. The second kappa shape index (κ2) is 8.50. The lowest BCUT2D eigenvalue weighted by atomic mass is 9.67. The molecule has 3 fully saturated rings. The third-order valence-corrected chi connectivity index (χ3v) is 6.95. The van der Waals surface area contributed by atoms with Gasteiger partial charge in [0.15, 0.2) is 0 Å². The molecule has 4 nitrogen and oxygen atoms in total. The third kappa shape index (κ3) is 4.49. The monoisotopic (exact) mass is 372 g/mol. The summed E-state index contributed by atoms with van der Waals surface area (Å²) in [6.07, 6.45) is 8.27. The molecule has 4 rings (SSSR count). The van der Waals surface area contributed by atoms with Crippen LogP contribution in [0.15, 0.2) is 24.3 Å². The van der Waals surface area contributed by atoms with Gasteiger partial charge < -0.3 is 14.8 Å². The first-order valence-corrected chi connectivity index (χ1v) is 11.0. The second-order valence-corrected chi connectivity index (χ2v) is 9.05. The number of piperazine rings is 1. The molecule has 1 spiro atoms. The molecule has 0 unspecified atom stereocenters. The van der Waals surface area contributed by atoms with Crippen molar-refractivity contribution in [3.05, 3.63) is 29.8 Å². The molecule has 1 aromatic carbocycles. The van der Waals surface area contributed by atoms with E-state index in [1.54, 1.807) is 0 Å². The normalized spacial score (nSPS) is 27.1. The van der Waals surface area contributed by atoms with Gasteiger partial charge in [0.05, 0.1) is 6.10 Å². The van der Waals surface area contributed by atoms with Gasteiger partial charge in [0.1, 0.15) is 5.75 Å². The molecule has 150 valence electrons. The largest absolute Gasteiger partial charge is 0.491 e. The highest BCUT2D eigenvalue weighted by Crippen LogP contribution is 2.45. The Morgan fingerprint density at radius 1 is 1.11 bits per heavy atom. The van der Waals surface area contributed by atoms with Crippen molar-refractivity contribution < 1.29 is 9.47 Å². The van der Waals surface area contributed by atoms with Crippen LogP contribution in [0.1, 0.15) is 64.0 Å². The number of ether oxygens (including phenoxy) is 2. The average Bonchev–Trinajstić information content (AvgIpc) is 2.69. The summed E-state index contributed by atoms with van der Waals surface area (Å²) in [6, 6.07) is 9.69. The fraction of sp³-hybridized carbons (Fsp3) is 0.739. The molecule has 27 heavy (non-hydrogen) atoms. The first-order valence-electron chi connectivity index (χ1n) is 11.0. The van der Waals surface area contributed by atoms with Crippen LogP contribution >= 0.6 is 0 Å². The Morgan fingerprint density at radius 3 is 2.59 bits per heavy atom. The van der Waals surface area contributed by atoms with E-state index < -0.39 is 0 Å². The minimum Gasteiger partial charge on any atom is -0.491 e. The Hall–Kier alpha value is -1.10. The van der Waals surface area contributed by atoms with Gasteiger partial charge in [-0.1, -0.05) is 18.2 Å². The van der Waals surface area contributed by atoms with Crippen molar-refractivity contribution in [1.29, 1.82) is 0 Å². The highest BCUT2D eigenvalue weighted by Gasteiger charge is 2.39. The molecule has 1 aliphatic carbocycles. The zero-order valence-electron chi connectivity index (χ0n) is 17.1. The van der Waals surface area contributed by atoms with Crippen LogP contribution in [0.4, 0.5) is 0 Å². The van der Waals surface area contributed by atoms with Crippen LogP contribution in [-0.2, 0) is 4.74 Å². The SMILES string of the molecule is CC(C)Oc1ccccc1[C@@H]1CN(C2CCC3(CCOCC3)CC2)CCN1. The minimum atomic E-state index is 0.208. The zero-order valence-corrected chi connectivity index (χ0v) is 17.1. The molecule has 0 radical (unpaired) electrons. The molecular formula is C23H36N2O2. The van der Waals surface area contributed by atoms with E-state index in [2.05, 4.69) is 48.3 Å². The topological polar surface area (TPSA) is 33.7 Å². The molecule has 1 saturated carbocycles. The van der Waals surface area contributed by atoms with Gasteiger partial charge in [-0.3, -0.25) is 4.90 Å². The number of rotatable bonds is 4. The maximum absolute atomic E-state index is 6.08. The number of hydrogen-bond acceptors (Lipinski definition) is 4. The molecule has 0 amide bonds. The molecule has 2 heterocycles. The number of benzene rings is 1. The summed E-state index contributed by atoms with van der Waals surface area (Å²) in [4.78, 5) is 2.75. The van der Waals surface area contributed by atoms with Crippen LogP contribution in [0.2, 0.25) is 0 Å². The van der Waals surface area contributed by atoms with Crippen molar-refractivity contribution in [2.75, 3.05) is 32.8 Å². The van der Waals surface area contributed by atoms with Crippen molar-refractivity contribution in [3.63, 3.8) is 0 Å². The van der Waals surface area contributed by atoms with Crippen molar-refractivity contribution in [2.45, 2.75) is 70.6 Å². The van der Waals surface area contributed by atoms with Crippen molar-refractivity contribution in [1.82, 2.24) is 10.2 Å². The van der Waals surface area contributed by atoms with Crippen molar-refractivity contribution in [3.8, 4) is 5.75 Å². The summed E-state index contributed by atoms with van der Waals surface area (Å²) >= 11 is 0. The number of nitrogens with one attached hydrogen (secondary N) is 1. The van der Waals surface area contributed by atoms with E-state index >= 15 is 0 Å². The molecule has 1 aromatic rings. The lowest BCUT2D eigenvalue weighted by Gasteiger charge is -2.47. The van der Waals surface area contributed by atoms with E-state index in [-0.39, 0.29) is 6.10 Å². The zero-order chi connectivity index (χ0) is 18.7. The van der Waals surface area contributed by atoms with Gasteiger partial charge in [-0.25, -0.2) is 0 Å². The fourth-order valence-corrected chi connectivity index (χ4v) is 5.33. The molecule has 1 atom stereocenters. The standard InChI is InChI=1S/C23H36N2O2/c1-18(2)27-22-6-4-3-5-20(22)21-17-25(14-13-24-21)19-7-9-23(10-8-19)11-15-26-16-12-23/h3-6,18-19,21,24H,7-17H2,1-2H3/t21-/m0/s1. The van der Waals surface area contributed by atoms with Crippen LogP contribution in [0.5, 0.6) is 5.75 Å². The van der Waals surface area contributed by atoms with E-state index in [0.29, 0.717) is 11.5 Å². The van der Waals surface area contributed by atoms with Gasteiger partial charge in [-0.15, -0.1) is 0 Å². The second-order valence-electron chi connectivity index (χ2n) is 9.05. The van der Waals surface area contributed by atoms with E-state index in [0.717, 1.165) is 38.1 Å². The molecule has 4 heteroatoms. The van der Waals surface area contributed by atoms with Crippen LogP contribution < -0.4 is 10.1 Å². The van der Waals surface area contributed by atoms with Gasteiger partial charge in [-0.2, -0.15) is 0 Å². The number of hydrogen-bond donors (Lipinski definition) is 1. The Balaban J connectivity index is 1.39. The number of para-hydroxylation sites is 1. The predicted molar refractivity (Wildman–Crippen MR) is 109 cm³/mol. The summed E-state index contributed by atoms with van der Waals surface area (Å²) in [5.41, 5.74) is 1.91. The summed E-state index contributed by atoms with van der Waals surface area (Å²) in [5, 5.41) is 3.74. The maximum atomic E-state index is 6.08. The summed E-state index contributed by atoms with van der Waals surface area (Å²) in [5.74, 6) is 1.04. The third-order valence-electron chi connectivity index (χ3n) is 6.95. The molecule has 0 aromatic heterocycles. The van der Waals surface area contributed by atoms with Gasteiger partial charge in [0.2, 0.25) is 0 Å². The summed E-state index contributed by atoms with van der Waals surface area (Å²) < 4.78 is 11.7. The van der Waals surface area contributed by atoms with Crippen LogP contribution in [-0.4, -0.2) is 49.9 Å². The van der Waals surface area contributed by atoms with Crippen molar-refractivity contribution in [2.24, 2.45) is 5.41 Å². The van der Waals surface area contributed by atoms with Gasteiger partial charge in [0.25, 0.3) is 0 Å². The molecule has 2 saturated heterocycles. The van der Waals surface area contributed by atoms with E-state index in [4.69, 9.17) is 9.47 Å². The minimum absolute atomic E-state index is 0.208. The lowest BCUT2D eigenvalue weighted by Crippen LogP contribution is -2.52. The predicted octanol–water partition coefficient (Wildman–Crippen LogP) is 4.16. The average molecular weight is 373 g/mol. The highest BCUT2D eigenvalue weighted by molar-refractivity contribution is 5.36. The fourth-order valence-electron chi connectivity index (χ4n) is 5.33. The van der Waals surface area contributed by atoms with Crippen LogP contribution in [0.25, 0.3) is 0 Å². The molecular weight excluding hydrogens is 336 g/mol. The van der Waals surface area contributed by atoms with Gasteiger partial charge in [0, 0.05) is 50.5 Å². The Morgan fingerprint density at radius 2 is 1.85 bits per heavy atom. The van der Waals surface area contributed by atoms with E-state index in [9.17, 15) is 0 Å². The molecule has 1 N–H and O–H groups in total. The maximum Gasteiger partial charge on any atom is 0.124 e. The van der Waals surface area contributed by atoms with Gasteiger partial charge >= 0.3 is 0 Å². The Labute approximate surface area is 164 Å². The van der Waals surface area contributed by atoms with Crippen LogP contribution in [0, 0.1) is 5.41 Å². The van der Waals surface area contributed by atoms with E-state index in [1.807, 2.05) is 0 Å². The smallest absolute Gasteiger partial charge is 0.124 e. The summed E-state index contributed by atoms with van der Waals surface area (Å²) in [7, 11) is 0.